The van der Waals surface area contributed by atoms with Crippen LogP contribution in [0.3, 0.4) is 0 Å². The minimum Gasteiger partial charge on any atom is -0.480 e. The Hall–Kier alpha value is -2.32. The van der Waals surface area contributed by atoms with E-state index in [0.29, 0.717) is 13.0 Å². The number of aliphatic carboxylic acids is 1. The first-order valence-electron chi connectivity index (χ1n) is 5.51. The van der Waals surface area contributed by atoms with Gasteiger partial charge >= 0.3 is 5.97 Å². The van der Waals surface area contributed by atoms with Crippen molar-refractivity contribution in [1.29, 1.82) is 0 Å². The molecule has 0 aliphatic heterocycles. The summed E-state index contributed by atoms with van der Waals surface area (Å²) in [7, 11) is 0. The molecule has 5 N–H and O–H groups in total. The van der Waals surface area contributed by atoms with E-state index in [1.165, 1.54) is 0 Å². The third-order valence-corrected chi connectivity index (χ3v) is 2.05. The first-order valence-corrected chi connectivity index (χ1v) is 5.51. The Balaban J connectivity index is 4.08. The maximum absolute atomic E-state index is 11.4. The molecule has 0 rings (SSSR count). The maximum atomic E-state index is 11.4. The van der Waals surface area contributed by atoms with Gasteiger partial charge in [0, 0.05) is 4.91 Å². The second-order valence-electron chi connectivity index (χ2n) is 3.55. The number of amides is 2. The molecule has 0 saturated carbocycles. The molecule has 0 aromatic rings. The lowest BCUT2D eigenvalue weighted by atomic mass is 10.1. The van der Waals surface area contributed by atoms with E-state index in [4.69, 9.17) is 16.4 Å². The number of hydrogen-bond acceptors (Lipinski definition) is 5. The molecule has 1 unspecified atom stereocenters. The molecule has 106 valence electrons. The van der Waals surface area contributed by atoms with E-state index in [-0.39, 0.29) is 13.0 Å². The minimum atomic E-state index is -1.16. The predicted molar refractivity (Wildman–Crippen MR) is 64.9 cm³/mol. The van der Waals surface area contributed by atoms with Gasteiger partial charge in [0.25, 0.3) is 0 Å². The van der Waals surface area contributed by atoms with Crippen LogP contribution in [0.4, 0.5) is 0 Å². The Bertz CT molecular complexity index is 379. The van der Waals surface area contributed by atoms with E-state index in [0.717, 1.165) is 0 Å². The van der Waals surface area contributed by atoms with Gasteiger partial charge in [-0.05, 0) is 24.9 Å². The van der Waals surface area contributed by atoms with Crippen LogP contribution in [0.1, 0.15) is 12.8 Å². The third-order valence-electron chi connectivity index (χ3n) is 2.05. The summed E-state index contributed by atoms with van der Waals surface area (Å²) in [6.45, 7) is -0.478. The Morgan fingerprint density at radius 3 is 2.58 bits per heavy atom. The van der Waals surface area contributed by atoms with Crippen LogP contribution in [0.25, 0.3) is 10.4 Å². The van der Waals surface area contributed by atoms with E-state index in [9.17, 15) is 14.4 Å². The number of nitrogens with one attached hydrogen (secondary N) is 2. The van der Waals surface area contributed by atoms with Crippen LogP contribution in [-0.4, -0.2) is 48.6 Å². The quantitative estimate of drug-likeness (QED) is 0.232. The van der Waals surface area contributed by atoms with Crippen molar-refractivity contribution in [1.82, 2.24) is 10.6 Å². The third kappa shape index (κ3) is 8.41. The predicted octanol–water partition coefficient (Wildman–Crippen LogP) is -1.28. The van der Waals surface area contributed by atoms with Gasteiger partial charge in [-0.15, -0.1) is 0 Å². The fraction of sp³-hybridized carbons (Fsp3) is 0.667. The van der Waals surface area contributed by atoms with Gasteiger partial charge in [0.15, 0.2) is 0 Å². The average Bonchev–Trinajstić information content (AvgIpc) is 2.38. The second kappa shape index (κ2) is 9.68. The Morgan fingerprint density at radius 1 is 1.37 bits per heavy atom. The zero-order chi connectivity index (χ0) is 14.7. The number of hydrogen-bond donors (Lipinski definition) is 4. The first-order chi connectivity index (χ1) is 9.01. The van der Waals surface area contributed by atoms with Crippen LogP contribution >= 0.6 is 0 Å². The number of carbonyl (C=O) groups excluding carboxylic acids is 2. The van der Waals surface area contributed by atoms with E-state index in [2.05, 4.69) is 20.7 Å². The zero-order valence-corrected chi connectivity index (χ0v) is 10.2. The number of nitrogens with zero attached hydrogens (tertiary/aromatic N) is 3. The SMILES string of the molecule is [N-]=[N+]=NCC(=O)NCC(=O)NC(CCCN)C(=O)O. The number of azide groups is 1. The summed E-state index contributed by atoms with van der Waals surface area (Å²) >= 11 is 0. The molecule has 0 spiro atoms. The molecule has 19 heavy (non-hydrogen) atoms. The number of nitrogens with two attached hydrogens (primary N) is 1. The topological polar surface area (TPSA) is 170 Å². The van der Waals surface area contributed by atoms with Gasteiger partial charge in [0.05, 0.1) is 6.54 Å². The van der Waals surface area contributed by atoms with Crippen LogP contribution in [0.5, 0.6) is 0 Å². The van der Waals surface area contributed by atoms with Gasteiger partial charge in [-0.25, -0.2) is 4.79 Å². The van der Waals surface area contributed by atoms with E-state index in [1.54, 1.807) is 0 Å². The van der Waals surface area contributed by atoms with Crippen LogP contribution in [-0.2, 0) is 14.4 Å². The molecule has 0 saturated heterocycles. The smallest absolute Gasteiger partial charge is 0.326 e. The van der Waals surface area contributed by atoms with Crippen molar-refractivity contribution in [2.75, 3.05) is 19.6 Å². The molecule has 0 fully saturated rings. The molecule has 0 aromatic carbocycles. The first kappa shape index (κ1) is 16.7. The fourth-order valence-corrected chi connectivity index (χ4v) is 1.16. The number of carbonyl (C=O) groups is 3. The van der Waals surface area contributed by atoms with Gasteiger partial charge in [-0.3, -0.25) is 9.59 Å². The van der Waals surface area contributed by atoms with Gasteiger partial charge in [-0.1, -0.05) is 5.11 Å². The molecule has 0 aliphatic rings. The highest BCUT2D eigenvalue weighted by molar-refractivity contribution is 5.88. The maximum Gasteiger partial charge on any atom is 0.326 e. The largest absolute Gasteiger partial charge is 0.480 e. The molecular weight excluding hydrogens is 256 g/mol. The zero-order valence-electron chi connectivity index (χ0n) is 10.2. The molecule has 0 bridgehead atoms. The van der Waals surface area contributed by atoms with Crippen molar-refractivity contribution in [3.63, 3.8) is 0 Å². The number of rotatable bonds is 9. The van der Waals surface area contributed by atoms with Crippen molar-refractivity contribution < 1.29 is 19.5 Å². The van der Waals surface area contributed by atoms with E-state index in [1.807, 2.05) is 0 Å². The summed E-state index contributed by atoms with van der Waals surface area (Å²) in [5, 5.41) is 16.3. The molecule has 10 heteroatoms. The number of carboxylic acid groups (broad SMARTS) is 1. The Kier molecular flexibility index (Phi) is 8.50. The summed E-state index contributed by atoms with van der Waals surface area (Å²) in [6.07, 6.45) is 0.671. The van der Waals surface area contributed by atoms with Crippen molar-refractivity contribution in [3.8, 4) is 0 Å². The highest BCUT2D eigenvalue weighted by atomic mass is 16.4. The molecule has 0 aromatic heterocycles. The standard InChI is InChI=1S/C9H16N6O4/c10-3-1-2-6(9(18)19)14-8(17)4-12-7(16)5-13-15-11/h6H,1-5,10H2,(H,12,16)(H,14,17)(H,18,19). The Labute approximate surface area is 109 Å². The lowest BCUT2D eigenvalue weighted by molar-refractivity contribution is -0.141. The van der Waals surface area contributed by atoms with Gasteiger partial charge in [0.1, 0.15) is 12.6 Å². The molecule has 0 radical (unpaired) electrons. The summed E-state index contributed by atoms with van der Waals surface area (Å²) in [6, 6.07) is -1.04. The summed E-state index contributed by atoms with van der Waals surface area (Å²) < 4.78 is 0. The summed E-state index contributed by atoms with van der Waals surface area (Å²) in [5.41, 5.74) is 13.2. The van der Waals surface area contributed by atoms with Crippen LogP contribution in [0, 0.1) is 0 Å². The van der Waals surface area contributed by atoms with Crippen LogP contribution < -0.4 is 16.4 Å². The molecule has 2 amide bonds. The molecule has 0 heterocycles. The minimum absolute atomic E-state index is 0.213. The van der Waals surface area contributed by atoms with Gasteiger partial charge < -0.3 is 21.5 Å². The monoisotopic (exact) mass is 272 g/mol. The van der Waals surface area contributed by atoms with E-state index < -0.39 is 30.4 Å². The molecule has 0 aliphatic carbocycles. The highest BCUT2D eigenvalue weighted by Gasteiger charge is 2.19. The summed E-state index contributed by atoms with van der Waals surface area (Å²) in [4.78, 5) is 35.6. The lowest BCUT2D eigenvalue weighted by Gasteiger charge is -2.14. The molecular formula is C9H16N6O4. The van der Waals surface area contributed by atoms with Crippen LogP contribution in [0.15, 0.2) is 5.11 Å². The summed E-state index contributed by atoms with van der Waals surface area (Å²) in [5.74, 6) is -2.43. The Morgan fingerprint density at radius 2 is 2.05 bits per heavy atom. The van der Waals surface area contributed by atoms with Gasteiger partial charge in [0.2, 0.25) is 11.8 Å². The number of carboxylic acids is 1. The molecule has 1 atom stereocenters. The van der Waals surface area contributed by atoms with Crippen molar-refractivity contribution in [2.45, 2.75) is 18.9 Å². The van der Waals surface area contributed by atoms with E-state index >= 15 is 0 Å². The normalized spacial score (nSPS) is 11.0. The molecule has 10 nitrogen and oxygen atoms in total. The average molecular weight is 272 g/mol. The second-order valence-corrected chi connectivity index (χ2v) is 3.55. The van der Waals surface area contributed by atoms with Crippen molar-refractivity contribution >= 4 is 17.8 Å². The van der Waals surface area contributed by atoms with Gasteiger partial charge in [-0.2, -0.15) is 0 Å². The fourth-order valence-electron chi connectivity index (χ4n) is 1.16. The van der Waals surface area contributed by atoms with Crippen molar-refractivity contribution in [2.24, 2.45) is 10.8 Å². The van der Waals surface area contributed by atoms with Crippen molar-refractivity contribution in [3.05, 3.63) is 10.4 Å². The highest BCUT2D eigenvalue weighted by Crippen LogP contribution is 1.96. The van der Waals surface area contributed by atoms with Crippen LogP contribution in [0.2, 0.25) is 0 Å². The lowest BCUT2D eigenvalue weighted by Crippen LogP contribution is -2.46.